The first kappa shape index (κ1) is 14.8. The van der Waals surface area contributed by atoms with Crippen LogP contribution < -0.4 is 22.3 Å². The van der Waals surface area contributed by atoms with Gasteiger partial charge in [-0.15, -0.1) is 0 Å². The fraction of sp³-hybridized carbons (Fsp3) is 0.833. The molecule has 0 heterocycles. The van der Waals surface area contributed by atoms with Crippen molar-refractivity contribution in [2.45, 2.75) is 64.0 Å². The Bertz CT molecular complexity index is 308. The highest BCUT2D eigenvalue weighted by Gasteiger charge is 2.22. The Morgan fingerprint density at radius 2 is 1.94 bits per heavy atom. The third-order valence-corrected chi connectivity index (χ3v) is 3.10. The van der Waals surface area contributed by atoms with E-state index < -0.39 is 5.54 Å². The molecule has 6 nitrogen and oxygen atoms in total. The molecule has 18 heavy (non-hydrogen) atoms. The summed E-state index contributed by atoms with van der Waals surface area (Å²) in [6.07, 6.45) is 6.16. The quantitative estimate of drug-likeness (QED) is 0.252. The fourth-order valence-corrected chi connectivity index (χ4v) is 2.30. The Labute approximate surface area is 109 Å². The lowest BCUT2D eigenvalue weighted by molar-refractivity contribution is -0.119. The van der Waals surface area contributed by atoms with Gasteiger partial charge < -0.3 is 11.1 Å². The second-order valence-electron chi connectivity index (χ2n) is 5.57. The monoisotopic (exact) mass is 255 g/mol. The summed E-state index contributed by atoms with van der Waals surface area (Å²) in [4.78, 5) is 15.5. The molecule has 0 atom stereocenters. The summed E-state index contributed by atoms with van der Waals surface area (Å²) in [6.45, 7) is 3.79. The number of carbonyl (C=O) groups excluding carboxylic acids is 1. The van der Waals surface area contributed by atoms with E-state index in [9.17, 15) is 4.79 Å². The summed E-state index contributed by atoms with van der Waals surface area (Å²) in [7, 11) is 0. The molecule has 0 aliphatic heterocycles. The van der Waals surface area contributed by atoms with Crippen LogP contribution in [0.1, 0.15) is 52.4 Å². The summed E-state index contributed by atoms with van der Waals surface area (Å²) in [5.41, 5.74) is 7.32. The Kier molecular flexibility index (Phi) is 5.40. The average molecular weight is 255 g/mol. The van der Waals surface area contributed by atoms with Crippen molar-refractivity contribution in [3.8, 4) is 0 Å². The lowest BCUT2D eigenvalue weighted by atomic mass is 9.96. The minimum absolute atomic E-state index is 0.234. The second kappa shape index (κ2) is 6.58. The van der Waals surface area contributed by atoms with Crippen LogP contribution in [-0.4, -0.2) is 23.4 Å². The van der Waals surface area contributed by atoms with E-state index in [4.69, 9.17) is 11.6 Å². The maximum Gasteiger partial charge on any atom is 0.219 e. The van der Waals surface area contributed by atoms with Crippen molar-refractivity contribution in [2.24, 2.45) is 16.6 Å². The van der Waals surface area contributed by atoms with Gasteiger partial charge in [0.1, 0.15) is 0 Å². The predicted octanol–water partition coefficient (Wildman–Crippen LogP) is 0.382. The largest absolute Gasteiger partial charge is 0.370 e. The van der Waals surface area contributed by atoms with Crippen LogP contribution in [0.15, 0.2) is 4.99 Å². The molecule has 1 saturated carbocycles. The normalized spacial score (nSPS) is 18.5. The van der Waals surface area contributed by atoms with Gasteiger partial charge in [-0.2, -0.15) is 0 Å². The van der Waals surface area contributed by atoms with Gasteiger partial charge in [-0.3, -0.25) is 10.2 Å². The summed E-state index contributed by atoms with van der Waals surface area (Å²) >= 11 is 0. The number of nitrogens with two attached hydrogens (primary N) is 2. The highest BCUT2D eigenvalue weighted by molar-refractivity contribution is 5.82. The number of hydrogen-bond acceptors (Lipinski definition) is 3. The molecule has 1 aliphatic carbocycles. The average Bonchev–Trinajstić information content (AvgIpc) is 2.27. The Hall–Kier alpha value is -1.30. The number of rotatable bonds is 4. The van der Waals surface area contributed by atoms with E-state index in [1.807, 2.05) is 13.8 Å². The zero-order valence-electron chi connectivity index (χ0n) is 11.3. The number of hydrogen-bond donors (Lipinski definition) is 4. The summed E-state index contributed by atoms with van der Waals surface area (Å²) in [5, 5.41) is 3.13. The first-order valence-corrected chi connectivity index (χ1v) is 6.54. The smallest absolute Gasteiger partial charge is 0.219 e. The van der Waals surface area contributed by atoms with Gasteiger partial charge in [-0.25, -0.2) is 10.8 Å². The van der Waals surface area contributed by atoms with E-state index in [0.717, 1.165) is 12.8 Å². The number of hydrazine groups is 1. The van der Waals surface area contributed by atoms with E-state index in [1.165, 1.54) is 19.3 Å². The highest BCUT2D eigenvalue weighted by atomic mass is 16.1. The van der Waals surface area contributed by atoms with Crippen molar-refractivity contribution in [1.82, 2.24) is 10.7 Å². The summed E-state index contributed by atoms with van der Waals surface area (Å²) in [6, 6.07) is 0.321. The molecule has 0 spiro atoms. The molecule has 1 rings (SSSR count). The molecule has 0 saturated heterocycles. The second-order valence-corrected chi connectivity index (χ2v) is 5.57. The van der Waals surface area contributed by atoms with Crippen LogP contribution in [0.5, 0.6) is 0 Å². The van der Waals surface area contributed by atoms with E-state index in [0.29, 0.717) is 12.0 Å². The maximum atomic E-state index is 11.0. The van der Waals surface area contributed by atoms with Crippen LogP contribution >= 0.6 is 0 Å². The van der Waals surface area contributed by atoms with Crippen molar-refractivity contribution in [3.63, 3.8) is 0 Å². The standard InChI is InChI=1S/C12H25N5O/c1-12(2,8-10(13)18)16-11(17-14)15-9-6-4-3-5-7-9/h9H,3-8,14H2,1-2H3,(H2,13,18)(H2,15,16,17). The van der Waals surface area contributed by atoms with Gasteiger partial charge in [0, 0.05) is 12.0 Å². The molecule has 6 heteroatoms. The Balaban J connectivity index is 2.59. The van der Waals surface area contributed by atoms with E-state index in [-0.39, 0.29) is 12.3 Å². The van der Waals surface area contributed by atoms with Crippen LogP contribution in [0.4, 0.5) is 0 Å². The van der Waals surface area contributed by atoms with Gasteiger partial charge in [-0.05, 0) is 26.7 Å². The summed E-state index contributed by atoms with van der Waals surface area (Å²) < 4.78 is 0. The zero-order valence-corrected chi connectivity index (χ0v) is 11.3. The first-order chi connectivity index (χ1) is 8.43. The summed E-state index contributed by atoms with van der Waals surface area (Å²) in [5.74, 6) is 5.66. The maximum absolute atomic E-state index is 11.0. The first-order valence-electron chi connectivity index (χ1n) is 6.54. The Morgan fingerprint density at radius 1 is 1.33 bits per heavy atom. The van der Waals surface area contributed by atoms with Crippen LogP contribution in [0.3, 0.4) is 0 Å². The van der Waals surface area contributed by atoms with Gasteiger partial charge in [0.25, 0.3) is 0 Å². The number of guanidine groups is 1. The lowest BCUT2D eigenvalue weighted by Gasteiger charge is -2.28. The molecule has 0 aromatic rings. The molecular weight excluding hydrogens is 230 g/mol. The molecular formula is C12H25N5O. The predicted molar refractivity (Wildman–Crippen MR) is 72.7 cm³/mol. The molecule has 1 fully saturated rings. The molecule has 1 amide bonds. The molecule has 0 aromatic heterocycles. The van der Waals surface area contributed by atoms with Crippen LogP contribution in [0, 0.1) is 0 Å². The number of nitrogens with zero attached hydrogens (tertiary/aromatic N) is 1. The van der Waals surface area contributed by atoms with Gasteiger partial charge >= 0.3 is 0 Å². The minimum atomic E-state index is -0.453. The van der Waals surface area contributed by atoms with Crippen molar-refractivity contribution in [1.29, 1.82) is 0 Å². The lowest BCUT2D eigenvalue weighted by Crippen LogP contribution is -2.53. The van der Waals surface area contributed by atoms with Crippen molar-refractivity contribution >= 4 is 11.9 Å². The van der Waals surface area contributed by atoms with Crippen molar-refractivity contribution < 1.29 is 4.79 Å². The third-order valence-electron chi connectivity index (χ3n) is 3.10. The van der Waals surface area contributed by atoms with E-state index in [1.54, 1.807) is 0 Å². The van der Waals surface area contributed by atoms with Crippen LogP contribution in [0.25, 0.3) is 0 Å². The highest BCUT2D eigenvalue weighted by Crippen LogP contribution is 2.20. The van der Waals surface area contributed by atoms with Crippen molar-refractivity contribution in [3.05, 3.63) is 0 Å². The third kappa shape index (κ3) is 5.35. The molecule has 104 valence electrons. The van der Waals surface area contributed by atoms with E-state index in [2.05, 4.69) is 15.7 Å². The minimum Gasteiger partial charge on any atom is -0.370 e. The molecule has 0 aromatic carbocycles. The molecule has 0 bridgehead atoms. The van der Waals surface area contributed by atoms with Crippen molar-refractivity contribution in [2.75, 3.05) is 0 Å². The fourth-order valence-electron chi connectivity index (χ4n) is 2.30. The van der Waals surface area contributed by atoms with Gasteiger partial charge in [0.2, 0.25) is 11.9 Å². The van der Waals surface area contributed by atoms with Gasteiger partial charge in [-0.1, -0.05) is 19.3 Å². The van der Waals surface area contributed by atoms with E-state index >= 15 is 0 Å². The zero-order chi connectivity index (χ0) is 13.6. The number of nitrogens with one attached hydrogen (secondary N) is 2. The SMILES string of the molecule is CC(C)(CC(N)=O)NC(=NC1CCCCC1)NN. The van der Waals surface area contributed by atoms with Crippen LogP contribution in [-0.2, 0) is 4.79 Å². The Morgan fingerprint density at radius 3 is 2.44 bits per heavy atom. The number of carbonyl (C=O) groups is 1. The number of primary amides is 1. The molecule has 0 radical (unpaired) electrons. The van der Waals surface area contributed by atoms with Crippen LogP contribution in [0.2, 0.25) is 0 Å². The number of amides is 1. The molecule has 1 aliphatic rings. The topological polar surface area (TPSA) is 106 Å². The molecule has 6 N–H and O–H groups in total. The van der Waals surface area contributed by atoms with Gasteiger partial charge in [0.15, 0.2) is 0 Å². The number of aliphatic imine (C=N–C) groups is 1. The van der Waals surface area contributed by atoms with Gasteiger partial charge in [0.05, 0.1) is 6.04 Å². The molecule has 0 unspecified atom stereocenters.